The molecule has 2 atom stereocenters. The minimum atomic E-state index is -2.67. The van der Waals surface area contributed by atoms with Crippen molar-refractivity contribution in [3.63, 3.8) is 0 Å². The van der Waals surface area contributed by atoms with Crippen molar-refractivity contribution in [3.8, 4) is 0 Å². The largest absolute Gasteiger partial charge is 0.393 e. The molecule has 0 spiro atoms. The lowest BCUT2D eigenvalue weighted by molar-refractivity contribution is -0.137. The van der Waals surface area contributed by atoms with Gasteiger partial charge in [0.05, 0.1) is 4.99 Å². The van der Waals surface area contributed by atoms with E-state index in [1.807, 2.05) is 0 Å². The van der Waals surface area contributed by atoms with Gasteiger partial charge in [-0.1, -0.05) is 12.2 Å². The number of carbonyl (C=O) groups is 1. The first-order valence-corrected chi connectivity index (χ1v) is 6.76. The molecule has 102 valence electrons. The van der Waals surface area contributed by atoms with Crippen LogP contribution in [0.2, 0.25) is 0 Å². The lowest BCUT2D eigenvalue weighted by Gasteiger charge is -2.33. The molecule has 1 aliphatic heterocycles. The maximum Gasteiger partial charge on any atom is 0.248 e. The van der Waals surface area contributed by atoms with Crippen molar-refractivity contribution < 1.29 is 13.6 Å². The topological polar surface area (TPSA) is 46.3 Å². The van der Waals surface area contributed by atoms with Gasteiger partial charge in [0.1, 0.15) is 0 Å². The molecule has 2 unspecified atom stereocenters. The van der Waals surface area contributed by atoms with Crippen molar-refractivity contribution in [3.05, 3.63) is 0 Å². The third-order valence-corrected chi connectivity index (χ3v) is 4.22. The van der Waals surface area contributed by atoms with Crippen LogP contribution in [-0.2, 0) is 4.79 Å². The Morgan fingerprint density at radius 1 is 1.33 bits per heavy atom. The number of piperidine rings is 1. The van der Waals surface area contributed by atoms with E-state index in [1.54, 1.807) is 4.90 Å². The van der Waals surface area contributed by atoms with Gasteiger partial charge in [-0.25, -0.2) is 8.78 Å². The van der Waals surface area contributed by atoms with Crippen molar-refractivity contribution in [2.45, 2.75) is 38.0 Å². The summed E-state index contributed by atoms with van der Waals surface area (Å²) in [5.74, 6) is -3.29. The molecule has 1 heterocycles. The van der Waals surface area contributed by atoms with E-state index in [0.717, 1.165) is 12.8 Å². The predicted octanol–water partition coefficient (Wildman–Crippen LogP) is 1.95. The summed E-state index contributed by atoms with van der Waals surface area (Å²) in [7, 11) is 0. The molecule has 3 nitrogen and oxygen atoms in total. The monoisotopic (exact) mass is 276 g/mol. The van der Waals surface area contributed by atoms with Crippen LogP contribution in [0.1, 0.15) is 32.1 Å². The molecule has 0 aromatic rings. The summed E-state index contributed by atoms with van der Waals surface area (Å²) < 4.78 is 26.2. The highest BCUT2D eigenvalue weighted by Crippen LogP contribution is 2.40. The first-order valence-electron chi connectivity index (χ1n) is 6.35. The normalized spacial score (nSPS) is 31.3. The maximum atomic E-state index is 13.1. The summed E-state index contributed by atoms with van der Waals surface area (Å²) in [5.41, 5.74) is 5.60. The minimum Gasteiger partial charge on any atom is -0.393 e. The maximum absolute atomic E-state index is 13.1. The molecule has 2 fully saturated rings. The molecule has 18 heavy (non-hydrogen) atoms. The fraction of sp³-hybridized carbons (Fsp3) is 0.833. The van der Waals surface area contributed by atoms with Crippen LogP contribution in [0.3, 0.4) is 0 Å². The molecule has 0 bridgehead atoms. The van der Waals surface area contributed by atoms with E-state index in [9.17, 15) is 13.6 Å². The second-order valence-corrected chi connectivity index (χ2v) is 5.79. The Balaban J connectivity index is 1.95. The number of carbonyl (C=O) groups excluding carboxylic acids is 1. The molecule has 1 saturated heterocycles. The molecular formula is C12H18F2N2OS. The lowest BCUT2D eigenvalue weighted by atomic mass is 9.96. The third kappa shape index (κ3) is 2.96. The Kier molecular flexibility index (Phi) is 3.84. The van der Waals surface area contributed by atoms with E-state index in [2.05, 4.69) is 0 Å². The van der Waals surface area contributed by atoms with Crippen molar-refractivity contribution in [2.75, 3.05) is 13.1 Å². The van der Waals surface area contributed by atoms with Crippen LogP contribution in [0.25, 0.3) is 0 Å². The summed E-state index contributed by atoms with van der Waals surface area (Å²) in [6, 6.07) is 0. The number of nitrogens with two attached hydrogens (primary N) is 1. The molecule has 0 aromatic carbocycles. The summed E-state index contributed by atoms with van der Waals surface area (Å²) in [6.45, 7) is 1.14. The van der Waals surface area contributed by atoms with E-state index in [0.29, 0.717) is 24.5 Å². The van der Waals surface area contributed by atoms with Crippen LogP contribution in [0.5, 0.6) is 0 Å². The Morgan fingerprint density at radius 2 is 2.06 bits per heavy atom. The Bertz CT molecular complexity index is 362. The SMILES string of the molecule is NC(=S)C1CCCN(C(=O)C2CCC(F)(F)C2)C1. The highest BCUT2D eigenvalue weighted by molar-refractivity contribution is 7.80. The number of hydrogen-bond donors (Lipinski definition) is 1. The van der Waals surface area contributed by atoms with Gasteiger partial charge in [-0.15, -0.1) is 0 Å². The van der Waals surface area contributed by atoms with E-state index in [4.69, 9.17) is 18.0 Å². The quantitative estimate of drug-likeness (QED) is 0.784. The summed E-state index contributed by atoms with van der Waals surface area (Å²) in [6.07, 6.45) is 1.55. The average molecular weight is 276 g/mol. The van der Waals surface area contributed by atoms with Crippen LogP contribution in [-0.4, -0.2) is 34.8 Å². The van der Waals surface area contributed by atoms with E-state index < -0.39 is 11.8 Å². The van der Waals surface area contributed by atoms with Gasteiger partial charge in [-0.3, -0.25) is 4.79 Å². The van der Waals surface area contributed by atoms with Gasteiger partial charge >= 0.3 is 0 Å². The van der Waals surface area contributed by atoms with E-state index >= 15 is 0 Å². The second kappa shape index (κ2) is 5.07. The van der Waals surface area contributed by atoms with Crippen molar-refractivity contribution in [1.82, 2.24) is 4.90 Å². The van der Waals surface area contributed by atoms with E-state index in [1.165, 1.54) is 0 Å². The second-order valence-electron chi connectivity index (χ2n) is 5.32. The summed E-state index contributed by atoms with van der Waals surface area (Å²) in [5, 5.41) is 0. The number of amides is 1. The Morgan fingerprint density at radius 3 is 2.61 bits per heavy atom. The number of thiocarbonyl (C=S) groups is 1. The van der Waals surface area contributed by atoms with Gasteiger partial charge < -0.3 is 10.6 Å². The van der Waals surface area contributed by atoms with Gasteiger partial charge in [0.2, 0.25) is 11.8 Å². The molecule has 2 aliphatic rings. The van der Waals surface area contributed by atoms with Crippen LogP contribution in [0.4, 0.5) is 8.78 Å². The zero-order chi connectivity index (χ0) is 13.3. The number of alkyl halides is 2. The van der Waals surface area contributed by atoms with E-state index in [-0.39, 0.29) is 24.7 Å². The standard InChI is InChI=1S/C12H18F2N2OS/c13-12(14)4-3-8(6-12)11(17)16-5-1-2-9(7-16)10(15)18/h8-9H,1-7H2,(H2,15,18). The molecule has 2 rings (SSSR count). The van der Waals surface area contributed by atoms with Crippen LogP contribution in [0, 0.1) is 11.8 Å². The molecule has 6 heteroatoms. The highest BCUT2D eigenvalue weighted by Gasteiger charge is 2.44. The van der Waals surface area contributed by atoms with Gasteiger partial charge in [0.15, 0.2) is 0 Å². The van der Waals surface area contributed by atoms with Gasteiger partial charge in [0.25, 0.3) is 0 Å². The molecular weight excluding hydrogens is 258 g/mol. The zero-order valence-electron chi connectivity index (χ0n) is 10.2. The van der Waals surface area contributed by atoms with Gasteiger partial charge in [-0.05, 0) is 19.3 Å². The molecule has 0 aromatic heterocycles. The third-order valence-electron chi connectivity index (χ3n) is 3.89. The Hall–Kier alpha value is -0.780. The average Bonchev–Trinajstić information content (AvgIpc) is 2.69. The van der Waals surface area contributed by atoms with Crippen LogP contribution in [0.15, 0.2) is 0 Å². The summed E-state index contributed by atoms with van der Waals surface area (Å²) in [4.78, 5) is 14.3. The number of likely N-dealkylation sites (tertiary alicyclic amines) is 1. The zero-order valence-corrected chi connectivity index (χ0v) is 11.0. The number of nitrogens with zero attached hydrogens (tertiary/aromatic N) is 1. The highest BCUT2D eigenvalue weighted by atomic mass is 32.1. The van der Waals surface area contributed by atoms with Crippen LogP contribution < -0.4 is 5.73 Å². The number of halogens is 2. The molecule has 1 aliphatic carbocycles. The Labute approximate surface area is 111 Å². The van der Waals surface area contributed by atoms with Gasteiger partial charge in [0, 0.05) is 37.8 Å². The number of hydrogen-bond acceptors (Lipinski definition) is 2. The predicted molar refractivity (Wildman–Crippen MR) is 68.4 cm³/mol. The minimum absolute atomic E-state index is 0.0413. The fourth-order valence-corrected chi connectivity index (χ4v) is 3.02. The smallest absolute Gasteiger partial charge is 0.248 e. The first-order chi connectivity index (χ1) is 8.39. The van der Waals surface area contributed by atoms with Crippen molar-refractivity contribution in [2.24, 2.45) is 17.6 Å². The molecule has 2 N–H and O–H groups in total. The lowest BCUT2D eigenvalue weighted by Crippen LogP contribution is -2.45. The molecule has 0 radical (unpaired) electrons. The summed E-state index contributed by atoms with van der Waals surface area (Å²) >= 11 is 4.95. The molecule has 1 amide bonds. The van der Waals surface area contributed by atoms with Gasteiger partial charge in [-0.2, -0.15) is 0 Å². The first kappa shape index (κ1) is 13.6. The molecule has 1 saturated carbocycles. The fourth-order valence-electron chi connectivity index (χ4n) is 2.83. The van der Waals surface area contributed by atoms with Crippen LogP contribution >= 0.6 is 12.2 Å². The number of rotatable bonds is 2. The van der Waals surface area contributed by atoms with Crippen molar-refractivity contribution in [1.29, 1.82) is 0 Å². The van der Waals surface area contributed by atoms with Crippen molar-refractivity contribution >= 4 is 23.1 Å².